The first-order chi connectivity index (χ1) is 5.74. The number of rotatable bonds is 1. The minimum absolute atomic E-state index is 0.0986. The lowest BCUT2D eigenvalue weighted by Gasteiger charge is -2.34. The predicted molar refractivity (Wildman–Crippen MR) is 47.8 cm³/mol. The monoisotopic (exact) mass is 184 g/mol. The first-order valence-electron chi connectivity index (χ1n) is 4.51. The molecule has 1 saturated heterocycles. The van der Waals surface area contributed by atoms with Crippen LogP contribution in [0.1, 0.15) is 34.6 Å². The Morgan fingerprint density at radius 1 is 1.08 bits per heavy atom. The van der Waals surface area contributed by atoms with Crippen molar-refractivity contribution in [2.75, 3.05) is 0 Å². The SMILES string of the molecule is CC(C)C1(C)C(=O)OC(=O)C1(C)C. The van der Waals surface area contributed by atoms with E-state index in [-0.39, 0.29) is 5.92 Å². The van der Waals surface area contributed by atoms with E-state index in [0.29, 0.717) is 0 Å². The zero-order valence-corrected chi connectivity index (χ0v) is 8.80. The second-order valence-electron chi connectivity index (χ2n) is 4.66. The Bertz CT molecular complexity index is 265. The highest BCUT2D eigenvalue weighted by Gasteiger charge is 2.61. The van der Waals surface area contributed by atoms with E-state index in [1.54, 1.807) is 20.8 Å². The van der Waals surface area contributed by atoms with E-state index in [1.165, 1.54) is 0 Å². The maximum Gasteiger partial charge on any atom is 0.320 e. The van der Waals surface area contributed by atoms with Crippen LogP contribution in [0, 0.1) is 16.7 Å². The summed E-state index contributed by atoms with van der Waals surface area (Å²) in [5, 5.41) is 0. The van der Waals surface area contributed by atoms with E-state index in [2.05, 4.69) is 4.74 Å². The van der Waals surface area contributed by atoms with Crippen molar-refractivity contribution in [1.29, 1.82) is 0 Å². The molecule has 1 aliphatic heterocycles. The van der Waals surface area contributed by atoms with Crippen molar-refractivity contribution in [1.82, 2.24) is 0 Å². The molecule has 13 heavy (non-hydrogen) atoms. The van der Waals surface area contributed by atoms with E-state index >= 15 is 0 Å². The largest absolute Gasteiger partial charge is 0.392 e. The van der Waals surface area contributed by atoms with Crippen LogP contribution in [0.25, 0.3) is 0 Å². The average molecular weight is 184 g/mol. The fourth-order valence-electron chi connectivity index (χ4n) is 1.74. The van der Waals surface area contributed by atoms with E-state index in [1.807, 2.05) is 13.8 Å². The van der Waals surface area contributed by atoms with Gasteiger partial charge in [-0.15, -0.1) is 0 Å². The molecule has 0 saturated carbocycles. The third-order valence-electron chi connectivity index (χ3n) is 3.57. The number of carbonyl (C=O) groups excluding carboxylic acids is 2. The summed E-state index contributed by atoms with van der Waals surface area (Å²) in [6.45, 7) is 9.19. The molecule has 1 heterocycles. The van der Waals surface area contributed by atoms with Crippen LogP contribution in [0.15, 0.2) is 0 Å². The Balaban J connectivity index is 3.22. The standard InChI is InChI=1S/C10H16O3/c1-6(2)10(5)8(12)13-7(11)9(10,3)4/h6H,1-5H3. The highest BCUT2D eigenvalue weighted by molar-refractivity contribution is 6.01. The topological polar surface area (TPSA) is 43.4 Å². The van der Waals surface area contributed by atoms with Crippen molar-refractivity contribution in [2.24, 2.45) is 16.7 Å². The Kier molecular flexibility index (Phi) is 2.02. The smallest absolute Gasteiger partial charge is 0.320 e. The molecule has 1 aliphatic rings. The van der Waals surface area contributed by atoms with Gasteiger partial charge in [0.25, 0.3) is 0 Å². The number of hydrogen-bond acceptors (Lipinski definition) is 3. The van der Waals surface area contributed by atoms with Gasteiger partial charge in [0, 0.05) is 0 Å². The van der Waals surface area contributed by atoms with E-state index < -0.39 is 22.8 Å². The fraction of sp³-hybridized carbons (Fsp3) is 0.800. The second kappa shape index (κ2) is 2.56. The molecule has 0 aromatic heterocycles. The highest BCUT2D eigenvalue weighted by atomic mass is 16.6. The minimum atomic E-state index is -0.710. The van der Waals surface area contributed by atoms with E-state index in [0.717, 1.165) is 0 Å². The fourth-order valence-corrected chi connectivity index (χ4v) is 1.74. The molecule has 1 unspecified atom stereocenters. The van der Waals surface area contributed by atoms with Crippen molar-refractivity contribution in [3.63, 3.8) is 0 Å². The first kappa shape index (κ1) is 10.2. The molecule has 0 bridgehead atoms. The van der Waals surface area contributed by atoms with E-state index in [4.69, 9.17) is 0 Å². The third kappa shape index (κ3) is 1.02. The summed E-state index contributed by atoms with van der Waals surface area (Å²) in [4.78, 5) is 22.9. The third-order valence-corrected chi connectivity index (χ3v) is 3.57. The van der Waals surface area contributed by atoms with Crippen molar-refractivity contribution in [2.45, 2.75) is 34.6 Å². The van der Waals surface area contributed by atoms with Crippen LogP contribution in [0.4, 0.5) is 0 Å². The molecule has 0 amide bonds. The van der Waals surface area contributed by atoms with Gasteiger partial charge < -0.3 is 4.74 Å². The summed E-state index contributed by atoms with van der Waals surface area (Å²) in [5.41, 5.74) is -1.40. The van der Waals surface area contributed by atoms with Gasteiger partial charge in [-0.1, -0.05) is 13.8 Å². The van der Waals surface area contributed by atoms with Crippen LogP contribution in [0.5, 0.6) is 0 Å². The Morgan fingerprint density at radius 3 is 1.69 bits per heavy atom. The second-order valence-corrected chi connectivity index (χ2v) is 4.66. The molecule has 0 aliphatic carbocycles. The molecule has 0 aromatic carbocycles. The molecule has 0 radical (unpaired) electrons. The summed E-state index contributed by atoms with van der Waals surface area (Å²) in [5.74, 6) is -0.701. The normalized spacial score (nSPS) is 32.5. The average Bonchev–Trinajstić information content (AvgIpc) is 2.13. The molecule has 0 aromatic rings. The molecular formula is C10H16O3. The van der Waals surface area contributed by atoms with Crippen LogP contribution < -0.4 is 0 Å². The summed E-state index contributed by atoms with van der Waals surface area (Å²) < 4.78 is 4.68. The number of cyclic esters (lactones) is 2. The number of esters is 2. The molecule has 0 N–H and O–H groups in total. The number of carbonyl (C=O) groups is 2. The van der Waals surface area contributed by atoms with Gasteiger partial charge in [0.15, 0.2) is 0 Å². The zero-order chi connectivity index (χ0) is 10.4. The van der Waals surface area contributed by atoms with Crippen LogP contribution in [0.2, 0.25) is 0 Å². The minimum Gasteiger partial charge on any atom is -0.392 e. The van der Waals surface area contributed by atoms with Crippen molar-refractivity contribution < 1.29 is 14.3 Å². The lowest BCUT2D eigenvalue weighted by atomic mass is 9.62. The number of hydrogen-bond donors (Lipinski definition) is 0. The summed E-state index contributed by atoms with van der Waals surface area (Å²) in [6, 6.07) is 0. The van der Waals surface area contributed by atoms with Gasteiger partial charge in [-0.25, -0.2) is 0 Å². The van der Waals surface area contributed by atoms with Crippen LogP contribution >= 0.6 is 0 Å². The van der Waals surface area contributed by atoms with Gasteiger partial charge in [-0.3, -0.25) is 9.59 Å². The Labute approximate surface area is 78.5 Å². The molecule has 74 valence electrons. The zero-order valence-electron chi connectivity index (χ0n) is 8.80. The van der Waals surface area contributed by atoms with E-state index in [9.17, 15) is 9.59 Å². The summed E-state index contributed by atoms with van der Waals surface area (Å²) in [7, 11) is 0. The molecular weight excluding hydrogens is 168 g/mol. The first-order valence-corrected chi connectivity index (χ1v) is 4.51. The maximum absolute atomic E-state index is 11.5. The molecule has 1 fully saturated rings. The molecule has 3 nitrogen and oxygen atoms in total. The van der Waals surface area contributed by atoms with Gasteiger partial charge in [0.2, 0.25) is 0 Å². The molecule has 1 rings (SSSR count). The maximum atomic E-state index is 11.5. The highest BCUT2D eigenvalue weighted by Crippen LogP contribution is 2.50. The summed E-state index contributed by atoms with van der Waals surface area (Å²) >= 11 is 0. The molecule has 0 spiro atoms. The van der Waals surface area contributed by atoms with Gasteiger partial charge in [0.1, 0.15) is 0 Å². The van der Waals surface area contributed by atoms with Crippen LogP contribution in [-0.4, -0.2) is 11.9 Å². The van der Waals surface area contributed by atoms with Crippen molar-refractivity contribution >= 4 is 11.9 Å². The molecule has 3 heteroatoms. The van der Waals surface area contributed by atoms with Gasteiger partial charge >= 0.3 is 11.9 Å². The van der Waals surface area contributed by atoms with Gasteiger partial charge in [0.05, 0.1) is 10.8 Å². The molecule has 1 atom stereocenters. The van der Waals surface area contributed by atoms with Crippen LogP contribution in [-0.2, 0) is 14.3 Å². The van der Waals surface area contributed by atoms with Crippen molar-refractivity contribution in [3.05, 3.63) is 0 Å². The Hall–Kier alpha value is -0.860. The summed E-state index contributed by atoms with van der Waals surface area (Å²) in [6.07, 6.45) is 0. The quantitative estimate of drug-likeness (QED) is 0.460. The van der Waals surface area contributed by atoms with Gasteiger partial charge in [-0.05, 0) is 26.7 Å². The lowest BCUT2D eigenvalue weighted by molar-refractivity contribution is -0.156. The predicted octanol–water partition coefficient (Wildman–Crippen LogP) is 1.76. The lowest BCUT2D eigenvalue weighted by Crippen LogP contribution is -2.42. The van der Waals surface area contributed by atoms with Gasteiger partial charge in [-0.2, -0.15) is 0 Å². The number of ether oxygens (including phenoxy) is 1. The van der Waals surface area contributed by atoms with Crippen LogP contribution in [0.3, 0.4) is 0 Å². The van der Waals surface area contributed by atoms with Crippen molar-refractivity contribution in [3.8, 4) is 0 Å². The Morgan fingerprint density at radius 2 is 1.54 bits per heavy atom.